The van der Waals surface area contributed by atoms with Gasteiger partial charge in [0.1, 0.15) is 0 Å². The standard InChI is InChI=1S/C21H43N5/c1-18(2)9-8-10-19(3)24-20(22)23-17-21(11-15-25(4)16-12-21)26-13-6-5-7-14-26/h18-19H,5-17H2,1-4H3,(H3,22,23,24). The van der Waals surface area contributed by atoms with Gasteiger partial charge >= 0.3 is 0 Å². The smallest absolute Gasteiger partial charge is 0.188 e. The maximum Gasteiger partial charge on any atom is 0.188 e. The number of likely N-dealkylation sites (tertiary alicyclic amines) is 2. The zero-order chi connectivity index (χ0) is 19.0. The molecule has 0 amide bonds. The van der Waals surface area contributed by atoms with Gasteiger partial charge in [-0.3, -0.25) is 9.89 Å². The Bertz CT molecular complexity index is 420. The van der Waals surface area contributed by atoms with Gasteiger partial charge in [0.15, 0.2) is 5.96 Å². The normalized spacial score (nSPS) is 24.0. The number of hydrogen-bond acceptors (Lipinski definition) is 3. The van der Waals surface area contributed by atoms with Gasteiger partial charge in [0.05, 0.1) is 6.54 Å². The van der Waals surface area contributed by atoms with Gasteiger partial charge in [0.25, 0.3) is 0 Å². The molecule has 5 nitrogen and oxygen atoms in total. The van der Waals surface area contributed by atoms with Gasteiger partial charge in [0, 0.05) is 11.6 Å². The van der Waals surface area contributed by atoms with Crippen LogP contribution in [0.4, 0.5) is 0 Å². The van der Waals surface area contributed by atoms with Crippen LogP contribution in [0.15, 0.2) is 4.99 Å². The van der Waals surface area contributed by atoms with Gasteiger partial charge in [-0.05, 0) is 78.2 Å². The summed E-state index contributed by atoms with van der Waals surface area (Å²) in [6, 6.07) is 0.404. The zero-order valence-electron chi connectivity index (χ0n) is 17.8. The van der Waals surface area contributed by atoms with Gasteiger partial charge < -0.3 is 16.0 Å². The van der Waals surface area contributed by atoms with Crippen LogP contribution in [0.2, 0.25) is 0 Å². The Morgan fingerprint density at radius 3 is 2.31 bits per heavy atom. The summed E-state index contributed by atoms with van der Waals surface area (Å²) < 4.78 is 0. The highest BCUT2D eigenvalue weighted by atomic mass is 15.3. The molecule has 5 heteroatoms. The summed E-state index contributed by atoms with van der Waals surface area (Å²) in [5.74, 6) is 1.42. The minimum atomic E-state index is 0.222. The van der Waals surface area contributed by atoms with Crippen LogP contribution in [0.5, 0.6) is 0 Å². The molecule has 2 heterocycles. The molecule has 1 unspecified atom stereocenters. The SMILES string of the molecule is CC(C)CCCC(C)NC(N)=NCC1(N2CCCCC2)CCN(C)CC1. The lowest BCUT2D eigenvalue weighted by Gasteiger charge is -2.49. The molecule has 0 aliphatic carbocycles. The number of nitrogens with one attached hydrogen (secondary N) is 1. The third kappa shape index (κ3) is 6.73. The van der Waals surface area contributed by atoms with E-state index in [2.05, 4.69) is 42.9 Å². The Hall–Kier alpha value is -0.810. The van der Waals surface area contributed by atoms with Crippen LogP contribution in [0, 0.1) is 5.92 Å². The van der Waals surface area contributed by atoms with Crippen molar-refractivity contribution in [3.8, 4) is 0 Å². The first-order valence-electron chi connectivity index (χ1n) is 10.9. The molecule has 0 aromatic rings. The Morgan fingerprint density at radius 2 is 1.69 bits per heavy atom. The lowest BCUT2D eigenvalue weighted by Crippen LogP contribution is -2.58. The van der Waals surface area contributed by atoms with Crippen LogP contribution in [-0.2, 0) is 0 Å². The molecular weight excluding hydrogens is 322 g/mol. The molecule has 0 bridgehead atoms. The van der Waals surface area contributed by atoms with E-state index in [9.17, 15) is 0 Å². The van der Waals surface area contributed by atoms with Crippen molar-refractivity contribution in [2.75, 3.05) is 39.8 Å². The van der Waals surface area contributed by atoms with Crippen molar-refractivity contribution in [1.29, 1.82) is 0 Å². The Kier molecular flexibility index (Phi) is 8.68. The summed E-state index contributed by atoms with van der Waals surface area (Å²) in [5.41, 5.74) is 6.47. The van der Waals surface area contributed by atoms with Crippen molar-refractivity contribution in [1.82, 2.24) is 15.1 Å². The quantitative estimate of drug-likeness (QED) is 0.513. The number of aliphatic imine (C=N–C) groups is 1. The average Bonchev–Trinajstić information content (AvgIpc) is 2.62. The largest absolute Gasteiger partial charge is 0.370 e. The van der Waals surface area contributed by atoms with Crippen LogP contribution >= 0.6 is 0 Å². The summed E-state index contributed by atoms with van der Waals surface area (Å²) in [7, 11) is 2.23. The summed E-state index contributed by atoms with van der Waals surface area (Å²) in [6.45, 7) is 12.5. The first kappa shape index (κ1) is 21.5. The van der Waals surface area contributed by atoms with E-state index in [4.69, 9.17) is 10.7 Å². The van der Waals surface area contributed by atoms with Crippen molar-refractivity contribution in [2.45, 2.75) is 83.7 Å². The lowest BCUT2D eigenvalue weighted by molar-refractivity contribution is 0.0208. The van der Waals surface area contributed by atoms with E-state index in [0.717, 1.165) is 18.9 Å². The van der Waals surface area contributed by atoms with Crippen molar-refractivity contribution >= 4 is 5.96 Å². The molecule has 0 aromatic carbocycles. The van der Waals surface area contributed by atoms with Crippen molar-refractivity contribution in [3.05, 3.63) is 0 Å². The van der Waals surface area contributed by atoms with Crippen LogP contribution in [0.25, 0.3) is 0 Å². The molecule has 0 saturated carbocycles. The summed E-state index contributed by atoms with van der Waals surface area (Å²) in [5, 5.41) is 3.42. The molecule has 2 fully saturated rings. The fourth-order valence-corrected chi connectivity index (χ4v) is 4.41. The van der Waals surface area contributed by atoms with E-state index in [0.29, 0.717) is 12.0 Å². The third-order valence-corrected chi connectivity index (χ3v) is 6.30. The number of nitrogens with zero attached hydrogens (tertiary/aromatic N) is 3. The fourth-order valence-electron chi connectivity index (χ4n) is 4.41. The third-order valence-electron chi connectivity index (χ3n) is 6.30. The summed E-state index contributed by atoms with van der Waals surface area (Å²) in [6.07, 6.45) is 10.2. The van der Waals surface area contributed by atoms with Crippen molar-refractivity contribution in [2.24, 2.45) is 16.6 Å². The monoisotopic (exact) mass is 365 g/mol. The Balaban J connectivity index is 1.89. The second-order valence-electron chi connectivity index (χ2n) is 9.15. The molecule has 0 radical (unpaired) electrons. The van der Waals surface area contributed by atoms with E-state index in [1.54, 1.807) is 0 Å². The number of rotatable bonds is 8. The van der Waals surface area contributed by atoms with Crippen LogP contribution in [0.1, 0.15) is 72.1 Å². The maximum atomic E-state index is 6.25. The molecule has 2 aliphatic heterocycles. The topological polar surface area (TPSA) is 56.9 Å². The minimum absolute atomic E-state index is 0.222. The molecule has 0 aromatic heterocycles. The molecule has 152 valence electrons. The average molecular weight is 366 g/mol. The molecule has 2 aliphatic rings. The van der Waals surface area contributed by atoms with Crippen LogP contribution in [0.3, 0.4) is 0 Å². The molecule has 26 heavy (non-hydrogen) atoms. The zero-order valence-corrected chi connectivity index (χ0v) is 17.8. The molecule has 3 N–H and O–H groups in total. The molecule has 0 spiro atoms. The fraction of sp³-hybridized carbons (Fsp3) is 0.952. The number of hydrogen-bond donors (Lipinski definition) is 2. The van der Waals surface area contributed by atoms with Gasteiger partial charge in [-0.25, -0.2) is 0 Å². The molecule has 2 rings (SSSR count). The van der Waals surface area contributed by atoms with Gasteiger partial charge in [0.2, 0.25) is 0 Å². The van der Waals surface area contributed by atoms with Gasteiger partial charge in [-0.15, -0.1) is 0 Å². The van der Waals surface area contributed by atoms with E-state index in [1.807, 2.05) is 0 Å². The first-order valence-corrected chi connectivity index (χ1v) is 10.9. The number of piperidine rings is 2. The Labute approximate surface area is 161 Å². The van der Waals surface area contributed by atoms with Crippen molar-refractivity contribution < 1.29 is 0 Å². The van der Waals surface area contributed by atoms with Crippen LogP contribution in [-0.4, -0.2) is 67.1 Å². The second kappa shape index (κ2) is 10.5. The highest BCUT2D eigenvalue weighted by Crippen LogP contribution is 2.31. The van der Waals surface area contributed by atoms with Gasteiger partial charge in [-0.1, -0.05) is 33.1 Å². The number of guanidine groups is 1. The maximum absolute atomic E-state index is 6.25. The highest BCUT2D eigenvalue weighted by molar-refractivity contribution is 5.78. The highest BCUT2D eigenvalue weighted by Gasteiger charge is 2.39. The Morgan fingerprint density at radius 1 is 1.04 bits per heavy atom. The minimum Gasteiger partial charge on any atom is -0.370 e. The molecule has 1 atom stereocenters. The van der Waals surface area contributed by atoms with Crippen LogP contribution < -0.4 is 11.1 Å². The van der Waals surface area contributed by atoms with E-state index in [1.165, 1.54) is 71.1 Å². The van der Waals surface area contributed by atoms with E-state index >= 15 is 0 Å². The predicted octanol–water partition coefficient (Wildman–Crippen LogP) is 3.06. The van der Waals surface area contributed by atoms with Gasteiger partial charge in [-0.2, -0.15) is 0 Å². The predicted molar refractivity (Wildman–Crippen MR) is 113 cm³/mol. The number of nitrogens with two attached hydrogens (primary N) is 1. The molecular formula is C21H43N5. The first-order chi connectivity index (χ1) is 12.4. The van der Waals surface area contributed by atoms with E-state index < -0.39 is 0 Å². The molecule has 2 saturated heterocycles. The lowest BCUT2D eigenvalue weighted by atomic mass is 9.84. The van der Waals surface area contributed by atoms with E-state index in [-0.39, 0.29) is 5.54 Å². The second-order valence-corrected chi connectivity index (χ2v) is 9.15. The summed E-state index contributed by atoms with van der Waals surface area (Å²) >= 11 is 0. The summed E-state index contributed by atoms with van der Waals surface area (Å²) in [4.78, 5) is 10.0. The van der Waals surface area contributed by atoms with Crippen molar-refractivity contribution in [3.63, 3.8) is 0 Å².